The Morgan fingerprint density at radius 1 is 1.23 bits per heavy atom. The molecule has 0 radical (unpaired) electrons. The van der Waals surface area contributed by atoms with E-state index in [0.29, 0.717) is 12.2 Å². The molecule has 0 saturated heterocycles. The monoisotopic (exact) mass is 359 g/mol. The summed E-state index contributed by atoms with van der Waals surface area (Å²) in [5.74, 6) is -2.83. The van der Waals surface area contributed by atoms with Crippen LogP contribution in [0.2, 0.25) is 0 Å². The van der Waals surface area contributed by atoms with Crippen molar-refractivity contribution in [3.63, 3.8) is 0 Å². The maximum atomic E-state index is 13.0. The van der Waals surface area contributed by atoms with Gasteiger partial charge in [0.25, 0.3) is 0 Å². The van der Waals surface area contributed by atoms with Crippen molar-refractivity contribution in [1.82, 2.24) is 5.32 Å². The molecular weight excluding hydrogens is 341 g/mol. The smallest absolute Gasteiger partial charge is 0.248 e. The van der Waals surface area contributed by atoms with E-state index in [9.17, 15) is 24.2 Å². The van der Waals surface area contributed by atoms with E-state index in [1.54, 1.807) is 18.2 Å². The number of carbonyl (C=O) groups excluding carboxylic acids is 2. The minimum absolute atomic E-state index is 0.0110. The average molecular weight is 359 g/mol. The van der Waals surface area contributed by atoms with Crippen LogP contribution >= 0.6 is 0 Å². The third-order valence-electron chi connectivity index (χ3n) is 4.03. The summed E-state index contributed by atoms with van der Waals surface area (Å²) in [5.41, 5.74) is 1.03. The van der Waals surface area contributed by atoms with Crippen LogP contribution in [0.3, 0.4) is 0 Å². The molecule has 2 aromatic rings. The number of furan rings is 1. The van der Waals surface area contributed by atoms with Gasteiger partial charge in [-0.3, -0.25) is 9.59 Å². The van der Waals surface area contributed by atoms with Crippen molar-refractivity contribution in [1.29, 1.82) is 0 Å². The van der Waals surface area contributed by atoms with Crippen LogP contribution in [-0.4, -0.2) is 34.2 Å². The molecule has 26 heavy (non-hydrogen) atoms. The number of hydrogen-bond acceptors (Lipinski definition) is 5. The second kappa shape index (κ2) is 6.86. The van der Waals surface area contributed by atoms with Crippen molar-refractivity contribution >= 4 is 11.7 Å². The number of carbonyl (C=O) groups is 2. The van der Waals surface area contributed by atoms with E-state index < -0.39 is 17.5 Å². The van der Waals surface area contributed by atoms with E-state index in [4.69, 9.17) is 4.42 Å². The highest BCUT2D eigenvalue weighted by molar-refractivity contribution is 6.15. The summed E-state index contributed by atoms with van der Waals surface area (Å²) < 4.78 is 18.5. The SMILES string of the molecule is CC(O)(O)CC1=C(C(=O)c2ccc(Cc3ccc(F)cc3)o2)CNC1=O. The Kier molecular flexibility index (Phi) is 4.76. The third kappa shape index (κ3) is 4.07. The molecule has 0 unspecified atom stereocenters. The van der Waals surface area contributed by atoms with Gasteiger partial charge in [-0.25, -0.2) is 4.39 Å². The number of halogens is 1. The fraction of sp³-hybridized carbons (Fsp3) is 0.263. The van der Waals surface area contributed by atoms with Crippen molar-refractivity contribution in [3.8, 4) is 0 Å². The molecule has 1 aliphatic heterocycles. The molecule has 7 heteroatoms. The molecule has 1 aromatic heterocycles. The molecule has 0 bridgehead atoms. The standard InChI is InChI=1S/C19H18FNO5/c1-19(24,25)9-14-15(10-21-18(14)23)17(22)16-7-6-13(26-16)8-11-2-4-12(20)5-3-11/h2-7,24-25H,8-10H2,1H3,(H,21,23). The van der Waals surface area contributed by atoms with Gasteiger partial charge in [-0.1, -0.05) is 12.1 Å². The summed E-state index contributed by atoms with van der Waals surface area (Å²) in [6.07, 6.45) is 0.0328. The van der Waals surface area contributed by atoms with E-state index in [0.717, 1.165) is 12.5 Å². The van der Waals surface area contributed by atoms with Crippen molar-refractivity contribution < 1.29 is 28.6 Å². The number of amides is 1. The molecule has 0 aliphatic carbocycles. The summed E-state index contributed by atoms with van der Waals surface area (Å²) in [4.78, 5) is 24.5. The topological polar surface area (TPSA) is 99.8 Å². The van der Waals surface area contributed by atoms with Crippen LogP contribution in [0.4, 0.5) is 4.39 Å². The first-order chi connectivity index (χ1) is 12.2. The van der Waals surface area contributed by atoms with Gasteiger partial charge in [0.15, 0.2) is 11.5 Å². The molecule has 2 heterocycles. The van der Waals surface area contributed by atoms with Gasteiger partial charge in [0.2, 0.25) is 11.7 Å². The lowest BCUT2D eigenvalue weighted by molar-refractivity contribution is -0.145. The predicted molar refractivity (Wildman–Crippen MR) is 89.7 cm³/mol. The van der Waals surface area contributed by atoms with Gasteiger partial charge in [-0.05, 0) is 36.8 Å². The van der Waals surface area contributed by atoms with Gasteiger partial charge in [0.1, 0.15) is 11.6 Å². The number of benzene rings is 1. The lowest BCUT2D eigenvalue weighted by Crippen LogP contribution is -2.27. The molecular formula is C19H18FNO5. The van der Waals surface area contributed by atoms with Gasteiger partial charge in [-0.2, -0.15) is 0 Å². The normalized spacial score (nSPS) is 14.7. The Bertz CT molecular complexity index is 874. The number of ketones is 1. The largest absolute Gasteiger partial charge is 0.457 e. The van der Waals surface area contributed by atoms with Crippen molar-refractivity contribution in [2.45, 2.75) is 25.6 Å². The summed E-state index contributed by atoms with van der Waals surface area (Å²) >= 11 is 0. The van der Waals surface area contributed by atoms with Crippen molar-refractivity contribution in [3.05, 3.63) is 70.4 Å². The summed E-state index contributed by atoms with van der Waals surface area (Å²) in [6, 6.07) is 9.09. The van der Waals surface area contributed by atoms with E-state index in [1.165, 1.54) is 18.2 Å². The van der Waals surface area contributed by atoms with Gasteiger partial charge in [0.05, 0.1) is 0 Å². The minimum atomic E-state index is -2.10. The Balaban J connectivity index is 1.80. The number of Topliss-reactive ketones (excluding diaryl/α,β-unsaturated/α-hetero) is 1. The molecule has 1 amide bonds. The zero-order valence-corrected chi connectivity index (χ0v) is 14.1. The van der Waals surface area contributed by atoms with E-state index in [-0.39, 0.29) is 35.7 Å². The van der Waals surface area contributed by atoms with Crippen LogP contribution in [0, 0.1) is 5.82 Å². The highest BCUT2D eigenvalue weighted by atomic mass is 19.1. The molecule has 0 spiro atoms. The predicted octanol–water partition coefficient (Wildman–Crippen LogP) is 1.71. The van der Waals surface area contributed by atoms with Crippen LogP contribution in [0.25, 0.3) is 0 Å². The van der Waals surface area contributed by atoms with Crippen molar-refractivity contribution in [2.75, 3.05) is 6.54 Å². The van der Waals surface area contributed by atoms with Crippen LogP contribution < -0.4 is 5.32 Å². The number of nitrogens with one attached hydrogen (secondary N) is 1. The Labute approximate surface area is 148 Å². The van der Waals surface area contributed by atoms with Crippen LogP contribution in [0.1, 0.15) is 35.2 Å². The molecule has 1 aliphatic rings. The zero-order valence-electron chi connectivity index (χ0n) is 14.1. The Hall–Kier alpha value is -2.77. The molecule has 0 atom stereocenters. The van der Waals surface area contributed by atoms with Crippen LogP contribution in [0.15, 0.2) is 52.0 Å². The molecule has 3 N–H and O–H groups in total. The first kappa shape index (κ1) is 18.0. The first-order valence-electron chi connectivity index (χ1n) is 8.06. The Morgan fingerprint density at radius 3 is 2.58 bits per heavy atom. The molecule has 0 fully saturated rings. The second-order valence-electron chi connectivity index (χ2n) is 6.43. The highest BCUT2D eigenvalue weighted by Gasteiger charge is 2.33. The minimum Gasteiger partial charge on any atom is -0.457 e. The number of rotatable bonds is 6. The summed E-state index contributed by atoms with van der Waals surface area (Å²) in [6.45, 7) is 1.15. The zero-order chi connectivity index (χ0) is 18.9. The summed E-state index contributed by atoms with van der Waals surface area (Å²) in [5, 5.41) is 21.6. The van der Waals surface area contributed by atoms with Gasteiger partial charge in [-0.15, -0.1) is 0 Å². The fourth-order valence-electron chi connectivity index (χ4n) is 2.81. The fourth-order valence-corrected chi connectivity index (χ4v) is 2.81. The molecule has 6 nitrogen and oxygen atoms in total. The van der Waals surface area contributed by atoms with Crippen LogP contribution in [-0.2, 0) is 11.2 Å². The van der Waals surface area contributed by atoms with Gasteiger partial charge >= 0.3 is 0 Å². The molecule has 136 valence electrons. The van der Waals surface area contributed by atoms with E-state index >= 15 is 0 Å². The first-order valence-corrected chi connectivity index (χ1v) is 8.06. The quantitative estimate of drug-likeness (QED) is 0.539. The summed E-state index contributed by atoms with van der Waals surface area (Å²) in [7, 11) is 0. The van der Waals surface area contributed by atoms with Crippen molar-refractivity contribution in [2.24, 2.45) is 0 Å². The molecule has 0 saturated carbocycles. The Morgan fingerprint density at radius 2 is 1.92 bits per heavy atom. The molecule has 1 aromatic carbocycles. The lowest BCUT2D eigenvalue weighted by Gasteiger charge is -2.15. The number of hydrogen-bond donors (Lipinski definition) is 3. The van der Waals surface area contributed by atoms with E-state index in [2.05, 4.69) is 5.32 Å². The lowest BCUT2D eigenvalue weighted by atomic mass is 9.99. The maximum Gasteiger partial charge on any atom is 0.248 e. The van der Waals surface area contributed by atoms with Crippen LogP contribution in [0.5, 0.6) is 0 Å². The number of aliphatic hydroxyl groups is 2. The second-order valence-corrected chi connectivity index (χ2v) is 6.43. The van der Waals surface area contributed by atoms with Gasteiger partial charge < -0.3 is 19.9 Å². The van der Waals surface area contributed by atoms with E-state index in [1.807, 2.05) is 0 Å². The molecule has 3 rings (SSSR count). The maximum absolute atomic E-state index is 13.0. The van der Waals surface area contributed by atoms with Gasteiger partial charge in [0, 0.05) is 30.5 Å². The average Bonchev–Trinajstić information content (AvgIpc) is 3.16. The highest BCUT2D eigenvalue weighted by Crippen LogP contribution is 2.25. The third-order valence-corrected chi connectivity index (χ3v) is 4.03.